The lowest BCUT2D eigenvalue weighted by Crippen LogP contribution is -2.39. The number of fused-ring (bicyclic) bond motifs is 1. The quantitative estimate of drug-likeness (QED) is 0.247. The number of allylic oxidation sites excluding steroid dienone is 1. The van der Waals surface area contributed by atoms with Gasteiger partial charge in [0.25, 0.3) is 5.91 Å². The average molecular weight is 546 g/mol. The van der Waals surface area contributed by atoms with Gasteiger partial charge in [0.05, 0.1) is 29.0 Å². The summed E-state index contributed by atoms with van der Waals surface area (Å²) in [6.07, 6.45) is 1.74. The highest BCUT2D eigenvalue weighted by molar-refractivity contribution is 7.20. The minimum atomic E-state index is -0.916. The summed E-state index contributed by atoms with van der Waals surface area (Å²) in [6.45, 7) is 2.41. The number of benzene rings is 2. The van der Waals surface area contributed by atoms with Crippen LogP contribution in [-0.4, -0.2) is 59.2 Å². The minimum Gasteiger partial charge on any atom is -0.604 e. The summed E-state index contributed by atoms with van der Waals surface area (Å²) in [7, 11) is 5.34. The Bertz CT molecular complexity index is 1580. The Labute approximate surface area is 229 Å². The van der Waals surface area contributed by atoms with Crippen LogP contribution in [0.1, 0.15) is 26.5 Å². The van der Waals surface area contributed by atoms with Gasteiger partial charge in [0, 0.05) is 16.8 Å². The van der Waals surface area contributed by atoms with Crippen LogP contribution < -0.4 is 10.6 Å². The van der Waals surface area contributed by atoms with E-state index in [-0.39, 0.29) is 12.2 Å². The molecule has 1 aliphatic heterocycles. The monoisotopic (exact) mass is 545 g/mol. The Balaban J connectivity index is 1.42. The summed E-state index contributed by atoms with van der Waals surface area (Å²) in [5.74, 6) is -0.478. The van der Waals surface area contributed by atoms with E-state index in [1.807, 2.05) is 49.3 Å². The summed E-state index contributed by atoms with van der Waals surface area (Å²) >= 11 is 1.34. The zero-order valence-electron chi connectivity index (χ0n) is 22.0. The number of halogens is 1. The van der Waals surface area contributed by atoms with Crippen LogP contribution in [0.2, 0.25) is 0 Å². The molecule has 0 saturated heterocycles. The second-order valence-corrected chi connectivity index (χ2v) is 10.9. The molecule has 0 radical (unpaired) electrons. The number of hydrogen-bond acceptors (Lipinski definition) is 8. The molecule has 2 N–H and O–H groups in total. The van der Waals surface area contributed by atoms with E-state index in [9.17, 15) is 14.4 Å². The summed E-state index contributed by atoms with van der Waals surface area (Å²) in [4.78, 5) is 15.5. The fraction of sp³-hybridized carbons (Fsp3) is 0.214. The largest absolute Gasteiger partial charge is 0.604 e. The number of quaternary nitrogens is 1. The van der Waals surface area contributed by atoms with Crippen molar-refractivity contribution in [3.05, 3.63) is 99.1 Å². The average Bonchev–Trinajstić information content (AvgIpc) is 3.31. The van der Waals surface area contributed by atoms with Gasteiger partial charge in [-0.15, -0.1) is 16.4 Å². The maximum Gasteiger partial charge on any atom is 0.265 e. The molecule has 2 aromatic carbocycles. The van der Waals surface area contributed by atoms with Gasteiger partial charge in [0.1, 0.15) is 18.1 Å². The number of anilines is 2. The molecule has 9 nitrogen and oxygen atoms in total. The molecular formula is C28H28FN7O2S. The van der Waals surface area contributed by atoms with Gasteiger partial charge in [0.15, 0.2) is 5.82 Å². The molecule has 0 bridgehead atoms. The molecule has 1 amide bonds. The fourth-order valence-corrected chi connectivity index (χ4v) is 5.36. The Morgan fingerprint density at radius 2 is 1.95 bits per heavy atom. The van der Waals surface area contributed by atoms with Crippen LogP contribution in [0, 0.1) is 17.9 Å². The molecule has 3 heterocycles. The van der Waals surface area contributed by atoms with Gasteiger partial charge in [0.2, 0.25) is 0 Å². The van der Waals surface area contributed by atoms with Gasteiger partial charge >= 0.3 is 0 Å². The van der Waals surface area contributed by atoms with E-state index in [4.69, 9.17) is 0 Å². The van der Waals surface area contributed by atoms with Crippen molar-refractivity contribution in [1.29, 1.82) is 0 Å². The lowest BCUT2D eigenvalue weighted by molar-refractivity contribution is -0.863. The molecule has 0 spiro atoms. The van der Waals surface area contributed by atoms with Crippen molar-refractivity contribution in [2.45, 2.75) is 13.5 Å². The van der Waals surface area contributed by atoms with E-state index in [0.29, 0.717) is 39.8 Å². The zero-order valence-corrected chi connectivity index (χ0v) is 22.8. The van der Waals surface area contributed by atoms with Gasteiger partial charge in [-0.1, -0.05) is 23.3 Å². The van der Waals surface area contributed by atoms with E-state index < -0.39 is 16.5 Å². The van der Waals surface area contributed by atoms with E-state index in [1.165, 1.54) is 24.5 Å². The second-order valence-electron chi connectivity index (χ2n) is 9.83. The topological polar surface area (TPSA) is 106 Å². The van der Waals surface area contributed by atoms with E-state index in [2.05, 4.69) is 25.9 Å². The number of rotatable bonds is 7. The number of nitrogens with one attached hydrogen (secondary N) is 2. The molecule has 39 heavy (non-hydrogen) atoms. The highest BCUT2D eigenvalue weighted by Crippen LogP contribution is 2.30. The van der Waals surface area contributed by atoms with Crippen LogP contribution in [0.25, 0.3) is 10.1 Å². The summed E-state index contributed by atoms with van der Waals surface area (Å²) in [6, 6.07) is 16.0. The minimum absolute atomic E-state index is 0.0496. The van der Waals surface area contributed by atoms with Gasteiger partial charge in [-0.25, -0.2) is 9.15 Å². The summed E-state index contributed by atoms with van der Waals surface area (Å²) in [5, 5.41) is 32.7. The Hall–Kier alpha value is -4.03. The third kappa shape index (κ3) is 6.02. The summed E-state index contributed by atoms with van der Waals surface area (Å²) in [5.41, 5.74) is 2.83. The van der Waals surface area contributed by atoms with E-state index in [1.54, 1.807) is 31.2 Å². The first-order valence-electron chi connectivity index (χ1n) is 12.3. The number of amides is 1. The molecule has 0 aliphatic carbocycles. The van der Waals surface area contributed by atoms with E-state index in [0.717, 1.165) is 15.8 Å². The first-order chi connectivity index (χ1) is 18.6. The number of likely N-dealkylation sites (N-methyl/N-ethyl adjacent to an activating group) is 1. The van der Waals surface area contributed by atoms with Gasteiger partial charge < -0.3 is 20.7 Å². The highest BCUT2D eigenvalue weighted by atomic mass is 32.1. The SMILES string of the molecule is Cc1c(C2=N[N+](C)([O-])CC(Nc3ccc(CN(C)C)nn3)=C2)ccc(F)c1NC(=O)c1cc2ccccc2s1. The second kappa shape index (κ2) is 10.6. The molecule has 5 rings (SSSR count). The lowest BCUT2D eigenvalue weighted by atomic mass is 10.00. The third-order valence-corrected chi connectivity index (χ3v) is 7.27. The standard InChI is InChI=1S/C28H28FN7O2S/c1-17-21(10-11-22(29)27(17)31-28(37)25-13-18-7-5-6-8-24(18)39-25)23-14-20(16-36(4,38)34-23)30-26-12-9-19(32-33-26)15-35(2)3/h5-14H,15-16H2,1-4H3,(H,30,33)(H,31,37). The number of aromatic nitrogens is 2. The van der Waals surface area contributed by atoms with Crippen LogP contribution in [-0.2, 0) is 6.54 Å². The smallest absolute Gasteiger partial charge is 0.265 e. The van der Waals surface area contributed by atoms with Crippen LogP contribution in [0.4, 0.5) is 15.9 Å². The molecule has 4 aromatic rings. The van der Waals surface area contributed by atoms with Crippen LogP contribution in [0.5, 0.6) is 0 Å². The Kier molecular flexibility index (Phi) is 7.23. The molecule has 200 valence electrons. The fourth-order valence-electron chi connectivity index (χ4n) is 4.40. The number of carbonyl (C=O) groups excluding carboxylic acids is 1. The number of hydrogen-bond donors (Lipinski definition) is 2. The number of thiophene rings is 1. The Morgan fingerprint density at radius 1 is 1.15 bits per heavy atom. The molecule has 0 fully saturated rings. The van der Waals surface area contributed by atoms with Crippen LogP contribution in [0.15, 0.2) is 71.5 Å². The Morgan fingerprint density at radius 3 is 2.67 bits per heavy atom. The molecular weight excluding hydrogens is 517 g/mol. The predicted octanol–water partition coefficient (Wildman–Crippen LogP) is 5.11. The number of carbonyl (C=O) groups is 1. The third-order valence-electron chi connectivity index (χ3n) is 6.16. The van der Waals surface area contributed by atoms with Gasteiger partial charge in [-0.3, -0.25) is 4.79 Å². The maximum atomic E-state index is 14.9. The first kappa shape index (κ1) is 26.6. The highest BCUT2D eigenvalue weighted by Gasteiger charge is 2.25. The zero-order chi connectivity index (χ0) is 27.7. The van der Waals surface area contributed by atoms with Crippen LogP contribution >= 0.6 is 11.3 Å². The predicted molar refractivity (Wildman–Crippen MR) is 153 cm³/mol. The van der Waals surface area contributed by atoms with Crippen molar-refractivity contribution in [1.82, 2.24) is 15.1 Å². The molecule has 2 aromatic heterocycles. The van der Waals surface area contributed by atoms with Crippen molar-refractivity contribution < 1.29 is 13.9 Å². The van der Waals surface area contributed by atoms with Crippen molar-refractivity contribution >= 4 is 44.5 Å². The normalized spacial score (nSPS) is 17.2. The van der Waals surface area contributed by atoms with Gasteiger partial charge in [-0.2, -0.15) is 5.10 Å². The van der Waals surface area contributed by atoms with Crippen molar-refractivity contribution in [2.75, 3.05) is 38.3 Å². The van der Waals surface area contributed by atoms with E-state index >= 15 is 0 Å². The molecule has 1 unspecified atom stereocenters. The van der Waals surface area contributed by atoms with Gasteiger partial charge in [-0.05, 0) is 74.4 Å². The van der Waals surface area contributed by atoms with Crippen molar-refractivity contribution in [3.8, 4) is 0 Å². The lowest BCUT2D eigenvalue weighted by Gasteiger charge is -2.35. The molecule has 11 heteroatoms. The first-order valence-corrected chi connectivity index (χ1v) is 13.1. The van der Waals surface area contributed by atoms with Crippen molar-refractivity contribution in [2.24, 2.45) is 5.10 Å². The van der Waals surface area contributed by atoms with Crippen molar-refractivity contribution in [3.63, 3.8) is 0 Å². The molecule has 1 atom stereocenters. The van der Waals surface area contributed by atoms with Crippen LogP contribution in [0.3, 0.4) is 0 Å². The summed E-state index contributed by atoms with van der Waals surface area (Å²) < 4.78 is 15.0. The molecule has 0 saturated carbocycles. The maximum absolute atomic E-state index is 14.9. The molecule has 1 aliphatic rings. The number of nitrogens with zero attached hydrogens (tertiary/aromatic N) is 5. The number of hydroxylamine groups is 2.